The van der Waals surface area contributed by atoms with Gasteiger partial charge in [0.05, 0.1) is 13.2 Å². The van der Waals surface area contributed by atoms with Gasteiger partial charge in [-0.2, -0.15) is 8.42 Å². The average Bonchev–Trinajstić information content (AvgIpc) is 2.27. The van der Waals surface area contributed by atoms with Gasteiger partial charge in [-0.3, -0.25) is 4.18 Å². The summed E-state index contributed by atoms with van der Waals surface area (Å²) in [5.74, 6) is 0. The number of benzene rings is 1. The summed E-state index contributed by atoms with van der Waals surface area (Å²) in [6, 6.07) is 8.75. The summed E-state index contributed by atoms with van der Waals surface area (Å²) in [5.41, 5.74) is 0.630. The Morgan fingerprint density at radius 2 is 1.88 bits per heavy atom. The van der Waals surface area contributed by atoms with E-state index in [2.05, 4.69) is 4.18 Å². The second kappa shape index (κ2) is 5.43. The zero-order valence-electron chi connectivity index (χ0n) is 9.33. The molecule has 0 aromatic heterocycles. The molecular formula is C11H16O4S. The molecule has 0 amide bonds. The third-order valence-electron chi connectivity index (χ3n) is 2.31. The van der Waals surface area contributed by atoms with Gasteiger partial charge >= 0.3 is 0 Å². The lowest BCUT2D eigenvalue weighted by atomic mass is 10.1. The first-order valence-electron chi connectivity index (χ1n) is 5.00. The van der Waals surface area contributed by atoms with Crippen LogP contribution in [0.25, 0.3) is 0 Å². The van der Waals surface area contributed by atoms with Crippen LogP contribution in [0.4, 0.5) is 0 Å². The van der Waals surface area contributed by atoms with Crippen molar-refractivity contribution in [3.8, 4) is 0 Å². The summed E-state index contributed by atoms with van der Waals surface area (Å²) < 4.78 is 27.9. The van der Waals surface area contributed by atoms with Crippen molar-refractivity contribution in [1.82, 2.24) is 0 Å². The summed E-state index contributed by atoms with van der Waals surface area (Å²) in [5, 5.41) is 8.50. The Morgan fingerprint density at radius 3 is 2.31 bits per heavy atom. The number of rotatable bonds is 5. The van der Waals surface area contributed by atoms with Gasteiger partial charge in [0.15, 0.2) is 0 Å². The summed E-state index contributed by atoms with van der Waals surface area (Å²) in [4.78, 5) is 0. The van der Waals surface area contributed by atoms with Crippen LogP contribution in [0.1, 0.15) is 24.2 Å². The Morgan fingerprint density at radius 1 is 1.31 bits per heavy atom. The van der Waals surface area contributed by atoms with E-state index in [4.69, 9.17) is 0 Å². The van der Waals surface area contributed by atoms with Crippen LogP contribution >= 0.6 is 0 Å². The van der Waals surface area contributed by atoms with Crippen LogP contribution in [0.5, 0.6) is 0 Å². The molecule has 5 heteroatoms. The molecule has 1 aromatic carbocycles. The number of aliphatic hydroxyl groups is 1. The number of hydrogen-bond donors (Lipinski definition) is 1. The third-order valence-corrected chi connectivity index (χ3v) is 3.93. The normalized spacial score (nSPS) is 15.7. The van der Waals surface area contributed by atoms with Crippen molar-refractivity contribution in [1.29, 1.82) is 0 Å². The first kappa shape index (κ1) is 13.2. The second-order valence-corrected chi connectivity index (χ2v) is 5.53. The fourth-order valence-corrected chi connectivity index (χ4v) is 2.75. The molecule has 90 valence electrons. The first-order valence-corrected chi connectivity index (χ1v) is 6.47. The van der Waals surface area contributed by atoms with Crippen LogP contribution < -0.4 is 0 Å². The lowest BCUT2D eigenvalue weighted by molar-refractivity contribution is 0.180. The minimum Gasteiger partial charge on any atom is -0.393 e. The van der Waals surface area contributed by atoms with Crippen molar-refractivity contribution in [3.63, 3.8) is 0 Å². The molecule has 0 saturated carbocycles. The molecule has 0 fully saturated rings. The first-order chi connectivity index (χ1) is 7.47. The van der Waals surface area contributed by atoms with Crippen LogP contribution in [0.2, 0.25) is 0 Å². The van der Waals surface area contributed by atoms with Crippen molar-refractivity contribution in [2.75, 3.05) is 7.11 Å². The highest BCUT2D eigenvalue weighted by molar-refractivity contribution is 7.87. The summed E-state index contributed by atoms with van der Waals surface area (Å²) >= 11 is 0. The Hall–Kier alpha value is -0.910. The Balaban J connectivity index is 3.07. The lowest BCUT2D eigenvalue weighted by Gasteiger charge is -2.17. The van der Waals surface area contributed by atoms with E-state index in [0.717, 1.165) is 7.11 Å². The monoisotopic (exact) mass is 244 g/mol. The standard InChI is InChI=1S/C11H16O4S/c1-9(12)8-11(16(13,14)15-2)10-6-4-3-5-7-10/h3-7,9,11-12H,8H2,1-2H3/t9-,11+/m0/s1. The molecule has 0 aliphatic rings. The Kier molecular flexibility index (Phi) is 4.46. The molecule has 0 heterocycles. The highest BCUT2D eigenvalue weighted by atomic mass is 32.2. The van der Waals surface area contributed by atoms with Gasteiger partial charge in [-0.05, 0) is 18.9 Å². The SMILES string of the molecule is COS(=O)(=O)[C@H](C[C@H](C)O)c1ccccc1. The van der Waals surface area contributed by atoms with E-state index >= 15 is 0 Å². The molecule has 0 aliphatic carbocycles. The number of hydrogen-bond acceptors (Lipinski definition) is 4. The second-order valence-electron chi connectivity index (χ2n) is 3.64. The van der Waals surface area contributed by atoms with Gasteiger partial charge in [-0.1, -0.05) is 30.3 Å². The van der Waals surface area contributed by atoms with Gasteiger partial charge in [0, 0.05) is 0 Å². The highest BCUT2D eigenvalue weighted by Crippen LogP contribution is 2.28. The fourth-order valence-electron chi connectivity index (χ4n) is 1.51. The van der Waals surface area contributed by atoms with Crippen LogP contribution in [0, 0.1) is 0 Å². The van der Waals surface area contributed by atoms with E-state index < -0.39 is 21.5 Å². The molecule has 0 aliphatic heterocycles. The predicted octanol–water partition coefficient (Wildman–Crippen LogP) is 1.47. The zero-order valence-corrected chi connectivity index (χ0v) is 10.1. The molecule has 0 spiro atoms. The average molecular weight is 244 g/mol. The molecule has 0 unspecified atom stereocenters. The van der Waals surface area contributed by atoms with E-state index in [1.165, 1.54) is 0 Å². The van der Waals surface area contributed by atoms with Crippen LogP contribution in [-0.2, 0) is 14.3 Å². The van der Waals surface area contributed by atoms with Crippen LogP contribution in [0.3, 0.4) is 0 Å². The van der Waals surface area contributed by atoms with Crippen molar-refractivity contribution < 1.29 is 17.7 Å². The predicted molar refractivity (Wildman–Crippen MR) is 61.4 cm³/mol. The molecule has 0 saturated heterocycles. The molecular weight excluding hydrogens is 228 g/mol. The molecule has 1 rings (SSSR count). The van der Waals surface area contributed by atoms with E-state index in [0.29, 0.717) is 5.56 Å². The van der Waals surface area contributed by atoms with Crippen molar-refractivity contribution >= 4 is 10.1 Å². The molecule has 2 atom stereocenters. The van der Waals surface area contributed by atoms with Gasteiger partial charge in [0.25, 0.3) is 10.1 Å². The van der Waals surface area contributed by atoms with Crippen molar-refractivity contribution in [3.05, 3.63) is 35.9 Å². The summed E-state index contributed by atoms with van der Waals surface area (Å²) in [7, 11) is -2.54. The number of aliphatic hydroxyl groups excluding tert-OH is 1. The third kappa shape index (κ3) is 3.30. The van der Waals surface area contributed by atoms with Crippen molar-refractivity contribution in [2.45, 2.75) is 24.7 Å². The van der Waals surface area contributed by atoms with E-state index in [1.54, 1.807) is 31.2 Å². The van der Waals surface area contributed by atoms with Crippen LogP contribution in [0.15, 0.2) is 30.3 Å². The summed E-state index contributed by atoms with van der Waals surface area (Å²) in [6.07, 6.45) is -0.574. The molecule has 1 aromatic rings. The van der Waals surface area contributed by atoms with Crippen LogP contribution in [-0.4, -0.2) is 26.7 Å². The fraction of sp³-hybridized carbons (Fsp3) is 0.455. The molecule has 1 N–H and O–H groups in total. The topological polar surface area (TPSA) is 63.6 Å². The maximum absolute atomic E-state index is 11.7. The Labute approximate surface area is 96.0 Å². The van der Waals surface area contributed by atoms with E-state index in [9.17, 15) is 13.5 Å². The van der Waals surface area contributed by atoms with E-state index in [-0.39, 0.29) is 6.42 Å². The minimum atomic E-state index is -3.67. The zero-order chi connectivity index (χ0) is 12.2. The van der Waals surface area contributed by atoms with E-state index in [1.807, 2.05) is 6.07 Å². The quantitative estimate of drug-likeness (QED) is 0.797. The highest BCUT2D eigenvalue weighted by Gasteiger charge is 2.28. The smallest absolute Gasteiger partial charge is 0.274 e. The van der Waals surface area contributed by atoms with Gasteiger partial charge < -0.3 is 5.11 Å². The van der Waals surface area contributed by atoms with Gasteiger partial charge in [-0.15, -0.1) is 0 Å². The summed E-state index contributed by atoms with van der Waals surface area (Å²) in [6.45, 7) is 1.56. The molecule has 0 bridgehead atoms. The van der Waals surface area contributed by atoms with Gasteiger partial charge in [-0.25, -0.2) is 0 Å². The van der Waals surface area contributed by atoms with Crippen molar-refractivity contribution in [2.24, 2.45) is 0 Å². The minimum absolute atomic E-state index is 0.125. The maximum atomic E-state index is 11.7. The molecule has 0 radical (unpaired) electrons. The largest absolute Gasteiger partial charge is 0.393 e. The molecule has 4 nitrogen and oxygen atoms in total. The molecule has 16 heavy (non-hydrogen) atoms. The van der Waals surface area contributed by atoms with Gasteiger partial charge in [0.2, 0.25) is 0 Å². The maximum Gasteiger partial charge on any atom is 0.274 e. The lowest BCUT2D eigenvalue weighted by Crippen LogP contribution is -2.19. The van der Waals surface area contributed by atoms with Gasteiger partial charge in [0.1, 0.15) is 5.25 Å². The Bertz CT molecular complexity index is 411.